The average Bonchev–Trinajstić information content (AvgIpc) is 2.88. The van der Waals surface area contributed by atoms with Crippen molar-refractivity contribution in [1.82, 2.24) is 14.9 Å². The standard InChI is InChI=1S/C11H15N3O/c1-3-11(15-8-1)9-12-4-2-6-14-7-5-13-10-14/h1,3,5,7-8,10,12H,2,4,6,9H2. The molecule has 0 saturated carbocycles. The Morgan fingerprint density at radius 1 is 1.47 bits per heavy atom. The Bertz CT molecular complexity index is 317. The number of rotatable bonds is 6. The van der Waals surface area contributed by atoms with Crippen LogP contribution in [-0.4, -0.2) is 16.1 Å². The number of aryl methyl sites for hydroxylation is 1. The molecule has 0 saturated heterocycles. The van der Waals surface area contributed by atoms with E-state index in [1.165, 1.54) is 0 Å². The molecule has 15 heavy (non-hydrogen) atoms. The molecule has 0 aliphatic rings. The van der Waals surface area contributed by atoms with E-state index in [9.17, 15) is 0 Å². The highest BCUT2D eigenvalue weighted by Gasteiger charge is 1.94. The van der Waals surface area contributed by atoms with Gasteiger partial charge in [0.25, 0.3) is 0 Å². The molecule has 2 rings (SSSR count). The summed E-state index contributed by atoms with van der Waals surface area (Å²) in [6.07, 6.45) is 8.41. The molecule has 0 aromatic carbocycles. The van der Waals surface area contributed by atoms with E-state index < -0.39 is 0 Å². The van der Waals surface area contributed by atoms with E-state index >= 15 is 0 Å². The van der Waals surface area contributed by atoms with Crippen LogP contribution in [0.2, 0.25) is 0 Å². The number of furan rings is 1. The first kappa shape index (κ1) is 9.98. The fourth-order valence-corrected chi connectivity index (χ4v) is 1.43. The van der Waals surface area contributed by atoms with E-state index in [1.54, 1.807) is 12.5 Å². The van der Waals surface area contributed by atoms with Gasteiger partial charge in [0.2, 0.25) is 0 Å². The van der Waals surface area contributed by atoms with Gasteiger partial charge in [-0.05, 0) is 25.1 Å². The molecule has 2 aromatic heterocycles. The fraction of sp³-hybridized carbons (Fsp3) is 0.364. The van der Waals surface area contributed by atoms with Crippen LogP contribution in [0.25, 0.3) is 0 Å². The molecular weight excluding hydrogens is 190 g/mol. The molecule has 0 amide bonds. The quantitative estimate of drug-likeness (QED) is 0.729. The highest BCUT2D eigenvalue weighted by Crippen LogP contribution is 1.98. The van der Waals surface area contributed by atoms with Crippen molar-refractivity contribution in [3.8, 4) is 0 Å². The van der Waals surface area contributed by atoms with Crippen LogP contribution in [0.1, 0.15) is 12.2 Å². The van der Waals surface area contributed by atoms with Crippen LogP contribution in [0.3, 0.4) is 0 Å². The molecule has 0 aliphatic heterocycles. The van der Waals surface area contributed by atoms with Gasteiger partial charge in [0.1, 0.15) is 5.76 Å². The first-order valence-corrected chi connectivity index (χ1v) is 5.14. The van der Waals surface area contributed by atoms with Crippen LogP contribution in [-0.2, 0) is 13.1 Å². The summed E-state index contributed by atoms with van der Waals surface area (Å²) in [6.45, 7) is 2.79. The topological polar surface area (TPSA) is 43.0 Å². The molecule has 2 aromatic rings. The first-order valence-electron chi connectivity index (χ1n) is 5.14. The number of hydrogen-bond acceptors (Lipinski definition) is 3. The molecule has 0 spiro atoms. The van der Waals surface area contributed by atoms with E-state index in [0.29, 0.717) is 0 Å². The van der Waals surface area contributed by atoms with E-state index in [4.69, 9.17) is 4.42 Å². The summed E-state index contributed by atoms with van der Waals surface area (Å²) in [4.78, 5) is 3.99. The zero-order chi connectivity index (χ0) is 10.3. The van der Waals surface area contributed by atoms with Crippen molar-refractivity contribution in [1.29, 1.82) is 0 Å². The zero-order valence-electron chi connectivity index (χ0n) is 8.60. The number of nitrogens with zero attached hydrogens (tertiary/aromatic N) is 2. The highest BCUT2D eigenvalue weighted by atomic mass is 16.3. The summed E-state index contributed by atoms with van der Waals surface area (Å²) in [6, 6.07) is 3.88. The maximum absolute atomic E-state index is 5.21. The van der Waals surface area contributed by atoms with Crippen LogP contribution in [0, 0.1) is 0 Å². The van der Waals surface area contributed by atoms with E-state index in [-0.39, 0.29) is 0 Å². The second-order valence-corrected chi connectivity index (χ2v) is 3.41. The second-order valence-electron chi connectivity index (χ2n) is 3.41. The molecule has 1 N–H and O–H groups in total. The molecule has 4 nitrogen and oxygen atoms in total. The predicted octanol–water partition coefficient (Wildman–Crippen LogP) is 1.66. The summed E-state index contributed by atoms with van der Waals surface area (Å²) >= 11 is 0. The van der Waals surface area contributed by atoms with Gasteiger partial charge in [0.15, 0.2) is 0 Å². The number of imidazole rings is 1. The van der Waals surface area contributed by atoms with Gasteiger partial charge < -0.3 is 14.3 Å². The average molecular weight is 205 g/mol. The van der Waals surface area contributed by atoms with Crippen LogP contribution < -0.4 is 5.32 Å². The van der Waals surface area contributed by atoms with Crippen molar-refractivity contribution in [3.05, 3.63) is 42.9 Å². The Labute approximate surface area is 88.9 Å². The van der Waals surface area contributed by atoms with Gasteiger partial charge in [-0.25, -0.2) is 4.98 Å². The minimum absolute atomic E-state index is 0.803. The van der Waals surface area contributed by atoms with E-state index in [0.717, 1.165) is 31.8 Å². The largest absolute Gasteiger partial charge is 0.468 e. The Balaban J connectivity index is 1.56. The van der Waals surface area contributed by atoms with Crippen LogP contribution >= 0.6 is 0 Å². The predicted molar refractivity (Wildman–Crippen MR) is 57.3 cm³/mol. The molecule has 0 atom stereocenters. The van der Waals surface area contributed by atoms with Crippen LogP contribution in [0.4, 0.5) is 0 Å². The SMILES string of the molecule is c1coc(CNCCCn2ccnc2)c1. The molecule has 2 heterocycles. The van der Waals surface area contributed by atoms with Gasteiger partial charge >= 0.3 is 0 Å². The lowest BCUT2D eigenvalue weighted by Crippen LogP contribution is -2.15. The van der Waals surface area contributed by atoms with Gasteiger partial charge in [-0.2, -0.15) is 0 Å². The van der Waals surface area contributed by atoms with Crippen molar-refractivity contribution in [2.45, 2.75) is 19.5 Å². The minimum Gasteiger partial charge on any atom is -0.468 e. The van der Waals surface area contributed by atoms with Gasteiger partial charge in [-0.15, -0.1) is 0 Å². The maximum atomic E-state index is 5.21. The van der Waals surface area contributed by atoms with E-state index in [2.05, 4.69) is 14.9 Å². The van der Waals surface area contributed by atoms with Crippen molar-refractivity contribution >= 4 is 0 Å². The normalized spacial score (nSPS) is 10.7. The molecule has 0 bridgehead atoms. The first-order chi connectivity index (χ1) is 7.45. The second kappa shape index (κ2) is 5.36. The molecule has 0 unspecified atom stereocenters. The van der Waals surface area contributed by atoms with Gasteiger partial charge in [0.05, 0.1) is 19.1 Å². The molecule has 0 aliphatic carbocycles. The summed E-state index contributed by atoms with van der Waals surface area (Å²) in [5.74, 6) is 0.984. The number of hydrogen-bond donors (Lipinski definition) is 1. The van der Waals surface area contributed by atoms with Crippen LogP contribution in [0.5, 0.6) is 0 Å². The molecule has 0 fully saturated rings. The Hall–Kier alpha value is -1.55. The third-order valence-corrected chi connectivity index (χ3v) is 2.21. The summed E-state index contributed by atoms with van der Waals surface area (Å²) < 4.78 is 7.29. The Morgan fingerprint density at radius 3 is 3.20 bits per heavy atom. The molecule has 80 valence electrons. The lowest BCUT2D eigenvalue weighted by molar-refractivity contribution is 0.475. The maximum Gasteiger partial charge on any atom is 0.117 e. The molecular formula is C11H15N3O. The number of aromatic nitrogens is 2. The smallest absolute Gasteiger partial charge is 0.117 e. The molecule has 4 heteroatoms. The third-order valence-electron chi connectivity index (χ3n) is 2.21. The van der Waals surface area contributed by atoms with Gasteiger partial charge in [0, 0.05) is 18.9 Å². The lowest BCUT2D eigenvalue weighted by atomic mass is 10.4. The highest BCUT2D eigenvalue weighted by molar-refractivity contribution is 4.97. The van der Waals surface area contributed by atoms with Gasteiger partial charge in [-0.3, -0.25) is 0 Å². The Morgan fingerprint density at radius 2 is 2.47 bits per heavy atom. The molecule has 0 radical (unpaired) electrons. The van der Waals surface area contributed by atoms with Crippen molar-refractivity contribution in [2.24, 2.45) is 0 Å². The summed E-state index contributed by atoms with van der Waals surface area (Å²) in [7, 11) is 0. The fourth-order valence-electron chi connectivity index (χ4n) is 1.43. The van der Waals surface area contributed by atoms with E-state index in [1.807, 2.05) is 24.7 Å². The minimum atomic E-state index is 0.803. The van der Waals surface area contributed by atoms with Crippen molar-refractivity contribution in [2.75, 3.05) is 6.54 Å². The monoisotopic (exact) mass is 205 g/mol. The number of nitrogens with one attached hydrogen (secondary N) is 1. The Kier molecular flexibility index (Phi) is 3.57. The summed E-state index contributed by atoms with van der Waals surface area (Å²) in [5.41, 5.74) is 0. The summed E-state index contributed by atoms with van der Waals surface area (Å²) in [5, 5.41) is 3.32. The van der Waals surface area contributed by atoms with Crippen LogP contribution in [0.15, 0.2) is 41.5 Å². The van der Waals surface area contributed by atoms with Gasteiger partial charge in [-0.1, -0.05) is 0 Å². The van der Waals surface area contributed by atoms with Crippen molar-refractivity contribution in [3.63, 3.8) is 0 Å². The third kappa shape index (κ3) is 3.25. The zero-order valence-corrected chi connectivity index (χ0v) is 8.60. The lowest BCUT2D eigenvalue weighted by Gasteiger charge is -2.03. The van der Waals surface area contributed by atoms with Crippen molar-refractivity contribution < 1.29 is 4.42 Å².